The highest BCUT2D eigenvalue weighted by Crippen LogP contribution is 2.25. The predicted octanol–water partition coefficient (Wildman–Crippen LogP) is 1.03. The normalized spacial score (nSPS) is 10.8. The highest BCUT2D eigenvalue weighted by molar-refractivity contribution is 5.82. The first kappa shape index (κ1) is 11.5. The second kappa shape index (κ2) is 4.50. The van der Waals surface area contributed by atoms with Gasteiger partial charge in [-0.25, -0.2) is 0 Å². The fourth-order valence-corrected chi connectivity index (χ4v) is 1.71. The summed E-state index contributed by atoms with van der Waals surface area (Å²) < 4.78 is 5.37. The minimum atomic E-state index is -0.0377. The number of aromatic nitrogens is 3. The molecule has 6 nitrogen and oxygen atoms in total. The standard InChI is InChI=1S/C11H13N3O3/c1-6-8(5-16)7(2)12-10(6)11-14-13-9(17-11)3-4-15/h5,12,15H,3-4H2,1-2H3. The number of carbonyl (C=O) groups excluding carboxylic acids is 1. The molecule has 0 aromatic carbocycles. The first-order valence-corrected chi connectivity index (χ1v) is 5.25. The van der Waals surface area contributed by atoms with Crippen molar-refractivity contribution in [2.24, 2.45) is 0 Å². The molecule has 2 heterocycles. The summed E-state index contributed by atoms with van der Waals surface area (Å²) in [6.45, 7) is 3.59. The van der Waals surface area contributed by atoms with E-state index in [1.54, 1.807) is 0 Å². The van der Waals surface area contributed by atoms with Gasteiger partial charge in [0.15, 0.2) is 6.29 Å². The minimum absolute atomic E-state index is 0.0377. The first-order chi connectivity index (χ1) is 8.17. The molecule has 2 rings (SSSR count). The van der Waals surface area contributed by atoms with E-state index in [1.807, 2.05) is 13.8 Å². The third kappa shape index (κ3) is 1.99. The molecule has 0 spiro atoms. The van der Waals surface area contributed by atoms with Gasteiger partial charge in [0.2, 0.25) is 5.89 Å². The van der Waals surface area contributed by atoms with Gasteiger partial charge in [-0.3, -0.25) is 4.79 Å². The van der Waals surface area contributed by atoms with E-state index in [-0.39, 0.29) is 6.61 Å². The van der Waals surface area contributed by atoms with Gasteiger partial charge >= 0.3 is 0 Å². The number of hydrogen-bond donors (Lipinski definition) is 2. The maximum absolute atomic E-state index is 10.9. The largest absolute Gasteiger partial charge is 0.419 e. The summed E-state index contributed by atoms with van der Waals surface area (Å²) in [7, 11) is 0. The van der Waals surface area contributed by atoms with E-state index in [9.17, 15) is 4.79 Å². The lowest BCUT2D eigenvalue weighted by Gasteiger charge is -1.92. The van der Waals surface area contributed by atoms with E-state index in [2.05, 4.69) is 15.2 Å². The summed E-state index contributed by atoms with van der Waals surface area (Å²) in [5, 5.41) is 16.4. The van der Waals surface area contributed by atoms with Gasteiger partial charge in [-0.15, -0.1) is 10.2 Å². The zero-order chi connectivity index (χ0) is 12.4. The lowest BCUT2D eigenvalue weighted by Crippen LogP contribution is -1.89. The lowest BCUT2D eigenvalue weighted by atomic mass is 10.1. The van der Waals surface area contributed by atoms with Crippen LogP contribution in [0.2, 0.25) is 0 Å². The third-order valence-electron chi connectivity index (χ3n) is 2.62. The molecule has 2 aromatic rings. The number of aliphatic hydroxyl groups excluding tert-OH is 1. The van der Waals surface area contributed by atoms with Crippen LogP contribution in [0.1, 0.15) is 27.5 Å². The number of rotatable bonds is 4. The minimum Gasteiger partial charge on any atom is -0.419 e. The van der Waals surface area contributed by atoms with Crippen LogP contribution in [0.4, 0.5) is 0 Å². The summed E-state index contributed by atoms with van der Waals surface area (Å²) in [5.41, 5.74) is 2.83. The molecule has 6 heteroatoms. The Bertz CT molecular complexity index is 542. The molecule has 90 valence electrons. The Morgan fingerprint density at radius 2 is 2.18 bits per heavy atom. The topological polar surface area (TPSA) is 92.0 Å². The Hall–Kier alpha value is -1.95. The number of aryl methyl sites for hydroxylation is 1. The highest BCUT2D eigenvalue weighted by Gasteiger charge is 2.17. The molecule has 17 heavy (non-hydrogen) atoms. The number of aldehydes is 1. The molecule has 0 amide bonds. The van der Waals surface area contributed by atoms with Crippen molar-refractivity contribution < 1.29 is 14.3 Å². The zero-order valence-electron chi connectivity index (χ0n) is 9.65. The van der Waals surface area contributed by atoms with Gasteiger partial charge in [-0.2, -0.15) is 0 Å². The molecule has 2 aromatic heterocycles. The van der Waals surface area contributed by atoms with Gasteiger partial charge in [0, 0.05) is 17.7 Å². The smallest absolute Gasteiger partial charge is 0.264 e. The van der Waals surface area contributed by atoms with Crippen molar-refractivity contribution in [3.63, 3.8) is 0 Å². The summed E-state index contributed by atoms with van der Waals surface area (Å²) >= 11 is 0. The van der Waals surface area contributed by atoms with Crippen molar-refractivity contribution in [3.8, 4) is 11.6 Å². The van der Waals surface area contributed by atoms with Crippen LogP contribution in [0, 0.1) is 13.8 Å². The number of nitrogens with one attached hydrogen (secondary N) is 1. The number of H-pyrrole nitrogens is 1. The number of aromatic amines is 1. The predicted molar refractivity (Wildman–Crippen MR) is 59.7 cm³/mol. The molecule has 0 aliphatic carbocycles. The van der Waals surface area contributed by atoms with Gasteiger partial charge in [0.25, 0.3) is 5.89 Å². The summed E-state index contributed by atoms with van der Waals surface area (Å²) in [6, 6.07) is 0. The number of aliphatic hydroxyl groups is 1. The Morgan fingerprint density at radius 1 is 1.41 bits per heavy atom. The third-order valence-corrected chi connectivity index (χ3v) is 2.62. The Kier molecular flexibility index (Phi) is 3.06. The molecule has 0 saturated carbocycles. The van der Waals surface area contributed by atoms with Crippen LogP contribution in [0.5, 0.6) is 0 Å². The highest BCUT2D eigenvalue weighted by atomic mass is 16.4. The Labute approximate surface area is 97.7 Å². The van der Waals surface area contributed by atoms with Crippen LogP contribution in [-0.4, -0.2) is 33.2 Å². The average molecular weight is 235 g/mol. The fraction of sp³-hybridized carbons (Fsp3) is 0.364. The number of nitrogens with zero attached hydrogens (tertiary/aromatic N) is 2. The molecule has 0 atom stereocenters. The van der Waals surface area contributed by atoms with Gasteiger partial charge in [-0.05, 0) is 19.4 Å². The molecule has 0 fully saturated rings. The van der Waals surface area contributed by atoms with Gasteiger partial charge in [-0.1, -0.05) is 0 Å². The van der Waals surface area contributed by atoms with Gasteiger partial charge in [0.1, 0.15) is 5.69 Å². The van der Waals surface area contributed by atoms with Gasteiger partial charge < -0.3 is 14.5 Å². The first-order valence-electron chi connectivity index (χ1n) is 5.25. The molecular weight excluding hydrogens is 222 g/mol. The SMILES string of the molecule is Cc1[nH]c(-c2nnc(CCO)o2)c(C)c1C=O. The van der Waals surface area contributed by atoms with Crippen LogP contribution in [0.25, 0.3) is 11.6 Å². The zero-order valence-corrected chi connectivity index (χ0v) is 9.65. The quantitative estimate of drug-likeness (QED) is 0.772. The number of hydrogen-bond acceptors (Lipinski definition) is 5. The van der Waals surface area contributed by atoms with E-state index in [1.165, 1.54) is 0 Å². The summed E-state index contributed by atoms with van der Waals surface area (Å²) in [6.07, 6.45) is 1.13. The second-order valence-electron chi connectivity index (χ2n) is 3.76. The van der Waals surface area contributed by atoms with E-state index < -0.39 is 0 Å². The van der Waals surface area contributed by atoms with E-state index in [0.717, 1.165) is 17.5 Å². The molecular formula is C11H13N3O3. The number of carbonyl (C=O) groups is 1. The van der Waals surface area contributed by atoms with Crippen molar-refractivity contribution in [1.29, 1.82) is 0 Å². The summed E-state index contributed by atoms with van der Waals surface area (Å²) in [4.78, 5) is 13.9. The monoisotopic (exact) mass is 235 g/mol. The molecule has 0 unspecified atom stereocenters. The maximum Gasteiger partial charge on any atom is 0.264 e. The average Bonchev–Trinajstić information content (AvgIpc) is 2.85. The van der Waals surface area contributed by atoms with Crippen molar-refractivity contribution in [1.82, 2.24) is 15.2 Å². The van der Waals surface area contributed by atoms with Crippen LogP contribution >= 0.6 is 0 Å². The molecule has 0 saturated heterocycles. The van der Waals surface area contributed by atoms with Crippen molar-refractivity contribution >= 4 is 6.29 Å². The molecule has 0 bridgehead atoms. The summed E-state index contributed by atoms with van der Waals surface area (Å²) in [5.74, 6) is 0.712. The van der Waals surface area contributed by atoms with Gasteiger partial charge in [0.05, 0.1) is 6.61 Å². The molecule has 0 aliphatic rings. The van der Waals surface area contributed by atoms with Crippen molar-refractivity contribution in [2.75, 3.05) is 6.61 Å². The second-order valence-corrected chi connectivity index (χ2v) is 3.76. The van der Waals surface area contributed by atoms with Crippen LogP contribution in [-0.2, 0) is 6.42 Å². The Balaban J connectivity index is 2.42. The van der Waals surface area contributed by atoms with Crippen LogP contribution < -0.4 is 0 Å². The van der Waals surface area contributed by atoms with E-state index >= 15 is 0 Å². The molecule has 0 aliphatic heterocycles. The fourth-order valence-electron chi connectivity index (χ4n) is 1.71. The van der Waals surface area contributed by atoms with Crippen molar-refractivity contribution in [3.05, 3.63) is 22.7 Å². The molecule has 0 radical (unpaired) electrons. The van der Waals surface area contributed by atoms with E-state index in [0.29, 0.717) is 29.5 Å². The lowest BCUT2D eigenvalue weighted by molar-refractivity contribution is 0.112. The van der Waals surface area contributed by atoms with Crippen molar-refractivity contribution in [2.45, 2.75) is 20.3 Å². The van der Waals surface area contributed by atoms with E-state index in [4.69, 9.17) is 9.52 Å². The van der Waals surface area contributed by atoms with Crippen LogP contribution in [0.3, 0.4) is 0 Å². The Morgan fingerprint density at radius 3 is 2.76 bits per heavy atom. The maximum atomic E-state index is 10.9. The molecule has 2 N–H and O–H groups in total. The van der Waals surface area contributed by atoms with Crippen LogP contribution in [0.15, 0.2) is 4.42 Å².